The van der Waals surface area contributed by atoms with Crippen molar-refractivity contribution in [3.8, 4) is 5.75 Å². The van der Waals surface area contributed by atoms with Crippen LogP contribution in [-0.2, 0) is 12.8 Å². The monoisotopic (exact) mass is 343 g/mol. The highest BCUT2D eigenvalue weighted by Gasteiger charge is 2.02. The van der Waals surface area contributed by atoms with Crippen molar-refractivity contribution in [1.82, 2.24) is 10.6 Å². The van der Waals surface area contributed by atoms with E-state index in [0.29, 0.717) is 6.54 Å². The van der Waals surface area contributed by atoms with Crippen LogP contribution in [0.15, 0.2) is 47.5 Å². The van der Waals surface area contributed by atoms with Crippen LogP contribution in [0.5, 0.6) is 5.75 Å². The number of nitrogens with one attached hydrogen (secondary N) is 2. The van der Waals surface area contributed by atoms with Gasteiger partial charge in [0, 0.05) is 19.6 Å². The fraction of sp³-hybridized carbons (Fsp3) is 0.350. The summed E-state index contributed by atoms with van der Waals surface area (Å²) in [6, 6.07) is 12.1. The van der Waals surface area contributed by atoms with Crippen molar-refractivity contribution < 1.29 is 9.50 Å². The molecular weight excluding hydrogens is 317 g/mol. The van der Waals surface area contributed by atoms with E-state index in [1.807, 2.05) is 32.0 Å². The Bertz CT molecular complexity index is 716. The van der Waals surface area contributed by atoms with Gasteiger partial charge in [-0.1, -0.05) is 18.2 Å². The standard InChI is InChI=1S/C20H26FN3O/c1-3-22-20(23-11-9-16-5-4-6-19(25)14-16)24-12-10-17-7-8-18(21)13-15(17)2/h4-8,13-14,25H,3,9-12H2,1-2H3,(H2,22,23,24). The Balaban J connectivity index is 1.85. The Morgan fingerprint density at radius 1 is 1.12 bits per heavy atom. The quantitative estimate of drug-likeness (QED) is 0.535. The number of guanidine groups is 1. The van der Waals surface area contributed by atoms with Crippen molar-refractivity contribution >= 4 is 5.96 Å². The van der Waals surface area contributed by atoms with Gasteiger partial charge in [0.05, 0.1) is 0 Å². The molecule has 0 fully saturated rings. The first kappa shape index (κ1) is 18.8. The van der Waals surface area contributed by atoms with Gasteiger partial charge in [-0.2, -0.15) is 0 Å². The number of aryl methyl sites for hydroxylation is 1. The molecule has 0 aliphatic heterocycles. The number of hydrogen-bond acceptors (Lipinski definition) is 2. The van der Waals surface area contributed by atoms with Gasteiger partial charge >= 0.3 is 0 Å². The van der Waals surface area contributed by atoms with Gasteiger partial charge in [-0.3, -0.25) is 4.99 Å². The fourth-order valence-electron chi connectivity index (χ4n) is 2.61. The first-order chi connectivity index (χ1) is 12.1. The van der Waals surface area contributed by atoms with E-state index >= 15 is 0 Å². The Labute approximate surface area is 148 Å². The molecule has 0 atom stereocenters. The number of phenols is 1. The Morgan fingerprint density at radius 2 is 1.96 bits per heavy atom. The van der Waals surface area contributed by atoms with Crippen LogP contribution < -0.4 is 10.6 Å². The van der Waals surface area contributed by atoms with Crippen molar-refractivity contribution in [3.63, 3.8) is 0 Å². The molecule has 0 spiro atoms. The Morgan fingerprint density at radius 3 is 2.68 bits per heavy atom. The summed E-state index contributed by atoms with van der Waals surface area (Å²) >= 11 is 0. The smallest absolute Gasteiger partial charge is 0.191 e. The zero-order chi connectivity index (χ0) is 18.1. The summed E-state index contributed by atoms with van der Waals surface area (Å²) in [5.41, 5.74) is 3.14. The van der Waals surface area contributed by atoms with Crippen LogP contribution in [0.3, 0.4) is 0 Å². The average molecular weight is 343 g/mol. The Kier molecular flexibility index (Phi) is 7.26. The minimum atomic E-state index is -0.202. The van der Waals surface area contributed by atoms with E-state index in [4.69, 9.17) is 0 Å². The van der Waals surface area contributed by atoms with Crippen LogP contribution in [0.25, 0.3) is 0 Å². The predicted molar refractivity (Wildman–Crippen MR) is 101 cm³/mol. The number of aromatic hydroxyl groups is 1. The predicted octanol–water partition coefficient (Wildman–Crippen LogP) is 3.18. The van der Waals surface area contributed by atoms with E-state index in [9.17, 15) is 9.50 Å². The summed E-state index contributed by atoms with van der Waals surface area (Å²) in [5.74, 6) is 0.849. The number of rotatable bonds is 7. The van der Waals surface area contributed by atoms with Crippen LogP contribution in [0.4, 0.5) is 4.39 Å². The lowest BCUT2D eigenvalue weighted by molar-refractivity contribution is 0.474. The molecule has 25 heavy (non-hydrogen) atoms. The van der Waals surface area contributed by atoms with Crippen LogP contribution in [0.2, 0.25) is 0 Å². The van der Waals surface area contributed by atoms with Gasteiger partial charge in [0.15, 0.2) is 5.96 Å². The van der Waals surface area contributed by atoms with Crippen molar-refractivity contribution in [2.45, 2.75) is 26.7 Å². The maximum absolute atomic E-state index is 13.1. The van der Waals surface area contributed by atoms with E-state index in [0.717, 1.165) is 48.6 Å². The molecule has 2 aromatic carbocycles. The Hall–Kier alpha value is -2.56. The van der Waals surface area contributed by atoms with Crippen molar-refractivity contribution in [1.29, 1.82) is 0 Å². The molecule has 0 heterocycles. The molecule has 2 aromatic rings. The minimum Gasteiger partial charge on any atom is -0.508 e. The van der Waals surface area contributed by atoms with Crippen molar-refractivity contribution in [2.75, 3.05) is 19.6 Å². The highest BCUT2D eigenvalue weighted by molar-refractivity contribution is 5.79. The lowest BCUT2D eigenvalue weighted by Gasteiger charge is -2.12. The van der Waals surface area contributed by atoms with E-state index < -0.39 is 0 Å². The SMILES string of the molecule is CCNC(=NCCc1ccc(F)cc1C)NCCc1cccc(O)c1. The third kappa shape index (κ3) is 6.45. The molecule has 4 nitrogen and oxygen atoms in total. The van der Waals surface area contributed by atoms with Crippen molar-refractivity contribution in [2.24, 2.45) is 4.99 Å². The summed E-state index contributed by atoms with van der Waals surface area (Å²) in [7, 11) is 0. The van der Waals surface area contributed by atoms with Crippen LogP contribution in [0.1, 0.15) is 23.6 Å². The number of phenolic OH excluding ortho intramolecular Hbond substituents is 1. The topological polar surface area (TPSA) is 56.7 Å². The highest BCUT2D eigenvalue weighted by atomic mass is 19.1. The van der Waals surface area contributed by atoms with Gasteiger partial charge in [0.25, 0.3) is 0 Å². The number of aliphatic imine (C=N–C) groups is 1. The average Bonchev–Trinajstić information content (AvgIpc) is 2.57. The van der Waals surface area contributed by atoms with Gasteiger partial charge in [-0.15, -0.1) is 0 Å². The molecule has 0 aliphatic rings. The molecule has 0 aliphatic carbocycles. The zero-order valence-electron chi connectivity index (χ0n) is 14.8. The minimum absolute atomic E-state index is 0.202. The fourth-order valence-corrected chi connectivity index (χ4v) is 2.61. The second-order valence-electron chi connectivity index (χ2n) is 5.93. The zero-order valence-corrected chi connectivity index (χ0v) is 14.8. The molecule has 0 amide bonds. The molecule has 0 saturated heterocycles. The van der Waals surface area contributed by atoms with E-state index in [-0.39, 0.29) is 11.6 Å². The molecule has 3 N–H and O–H groups in total. The van der Waals surface area contributed by atoms with Gasteiger partial charge in [-0.25, -0.2) is 4.39 Å². The van der Waals surface area contributed by atoms with E-state index in [1.165, 1.54) is 6.07 Å². The number of benzene rings is 2. The third-order valence-corrected chi connectivity index (χ3v) is 3.92. The highest BCUT2D eigenvalue weighted by Crippen LogP contribution is 2.11. The van der Waals surface area contributed by atoms with Gasteiger partial charge in [0.1, 0.15) is 11.6 Å². The van der Waals surface area contributed by atoms with Crippen LogP contribution in [-0.4, -0.2) is 30.7 Å². The summed E-state index contributed by atoms with van der Waals surface area (Å²) in [6.07, 6.45) is 1.57. The molecule has 0 aromatic heterocycles. The molecular formula is C20H26FN3O. The first-order valence-electron chi connectivity index (χ1n) is 8.63. The van der Waals surface area contributed by atoms with Crippen LogP contribution in [0, 0.1) is 12.7 Å². The molecule has 0 bridgehead atoms. The number of halogens is 1. The van der Waals surface area contributed by atoms with Gasteiger partial charge < -0.3 is 15.7 Å². The molecule has 2 rings (SSSR count). The molecule has 0 radical (unpaired) electrons. The lowest BCUT2D eigenvalue weighted by Crippen LogP contribution is -2.38. The van der Waals surface area contributed by atoms with Gasteiger partial charge in [0.2, 0.25) is 0 Å². The van der Waals surface area contributed by atoms with Gasteiger partial charge in [-0.05, 0) is 67.6 Å². The van der Waals surface area contributed by atoms with E-state index in [1.54, 1.807) is 18.2 Å². The summed E-state index contributed by atoms with van der Waals surface area (Å²) in [6.45, 7) is 6.09. The molecule has 0 saturated carbocycles. The second kappa shape index (κ2) is 9.67. The normalized spacial score (nSPS) is 11.4. The summed E-state index contributed by atoms with van der Waals surface area (Å²) in [4.78, 5) is 4.57. The molecule has 134 valence electrons. The first-order valence-corrected chi connectivity index (χ1v) is 8.63. The molecule has 5 heteroatoms. The van der Waals surface area contributed by atoms with Crippen molar-refractivity contribution in [3.05, 3.63) is 65.0 Å². The number of nitrogens with zero attached hydrogens (tertiary/aromatic N) is 1. The second-order valence-corrected chi connectivity index (χ2v) is 5.93. The third-order valence-electron chi connectivity index (χ3n) is 3.92. The molecule has 0 unspecified atom stereocenters. The maximum Gasteiger partial charge on any atom is 0.191 e. The maximum atomic E-state index is 13.1. The van der Waals surface area contributed by atoms with E-state index in [2.05, 4.69) is 15.6 Å². The van der Waals surface area contributed by atoms with Crippen LogP contribution >= 0.6 is 0 Å². The summed E-state index contributed by atoms with van der Waals surface area (Å²) in [5, 5.41) is 16.0. The largest absolute Gasteiger partial charge is 0.508 e. The lowest BCUT2D eigenvalue weighted by atomic mass is 10.1. The summed E-state index contributed by atoms with van der Waals surface area (Å²) < 4.78 is 13.1. The number of hydrogen-bond donors (Lipinski definition) is 3.